The molecule has 0 aliphatic carbocycles. The Morgan fingerprint density at radius 1 is 1.31 bits per heavy atom. The molecule has 0 spiro atoms. The zero-order chi connectivity index (χ0) is 18.8. The molecule has 1 aliphatic heterocycles. The van der Waals surface area contributed by atoms with Crippen molar-refractivity contribution in [3.8, 4) is 6.07 Å². The number of nitriles is 1. The molecule has 0 aromatic heterocycles. The Hall–Kier alpha value is -2.84. The normalized spacial score (nSPS) is 16.5. The number of rotatable bonds is 3. The van der Waals surface area contributed by atoms with E-state index in [1.54, 1.807) is 17.0 Å². The minimum atomic E-state index is -0.433. The predicted molar refractivity (Wildman–Crippen MR) is 101 cm³/mol. The SMILES string of the molecule is Cc1cccc(N2CC(C(=O)Nc3ccc(C#N)c(Cl)c3)CC2=O)c1C. The summed E-state index contributed by atoms with van der Waals surface area (Å²) in [7, 11) is 0. The number of nitrogens with zero attached hydrogens (tertiary/aromatic N) is 2. The highest BCUT2D eigenvalue weighted by Gasteiger charge is 2.35. The van der Waals surface area contributed by atoms with Crippen LogP contribution < -0.4 is 10.2 Å². The van der Waals surface area contributed by atoms with Crippen LogP contribution >= 0.6 is 11.6 Å². The van der Waals surface area contributed by atoms with E-state index in [-0.39, 0.29) is 23.3 Å². The third-order valence-corrected chi connectivity index (χ3v) is 5.03. The molecule has 26 heavy (non-hydrogen) atoms. The molecule has 5 nitrogen and oxygen atoms in total. The van der Waals surface area contributed by atoms with Gasteiger partial charge in [-0.15, -0.1) is 0 Å². The molecule has 1 fully saturated rings. The summed E-state index contributed by atoms with van der Waals surface area (Å²) in [5.74, 6) is -0.722. The second kappa shape index (κ2) is 7.19. The topological polar surface area (TPSA) is 73.2 Å². The molecule has 2 aromatic carbocycles. The largest absolute Gasteiger partial charge is 0.326 e. The standard InChI is InChI=1S/C20H18ClN3O2/c1-12-4-3-5-18(13(12)2)24-11-15(8-19(24)25)20(26)23-16-7-6-14(10-22)17(21)9-16/h3-7,9,15H,8,11H2,1-2H3,(H,23,26). The maximum atomic E-state index is 12.6. The van der Waals surface area contributed by atoms with Crippen LogP contribution in [0.3, 0.4) is 0 Å². The van der Waals surface area contributed by atoms with Crippen molar-refractivity contribution in [1.29, 1.82) is 5.26 Å². The van der Waals surface area contributed by atoms with Crippen LogP contribution in [0, 0.1) is 31.1 Å². The van der Waals surface area contributed by atoms with Gasteiger partial charge in [-0.05, 0) is 49.2 Å². The van der Waals surface area contributed by atoms with E-state index in [1.165, 1.54) is 6.07 Å². The van der Waals surface area contributed by atoms with Crippen LogP contribution in [0.5, 0.6) is 0 Å². The number of halogens is 1. The van der Waals surface area contributed by atoms with Crippen molar-refractivity contribution < 1.29 is 9.59 Å². The van der Waals surface area contributed by atoms with Crippen molar-refractivity contribution in [3.05, 3.63) is 58.1 Å². The maximum absolute atomic E-state index is 12.6. The highest BCUT2D eigenvalue weighted by Crippen LogP contribution is 2.30. The van der Waals surface area contributed by atoms with Crippen molar-refractivity contribution >= 4 is 34.8 Å². The zero-order valence-electron chi connectivity index (χ0n) is 14.5. The fourth-order valence-electron chi connectivity index (χ4n) is 3.07. The Kier molecular flexibility index (Phi) is 4.97. The van der Waals surface area contributed by atoms with Crippen molar-refractivity contribution in [2.24, 2.45) is 5.92 Å². The van der Waals surface area contributed by atoms with E-state index in [9.17, 15) is 9.59 Å². The Labute approximate surface area is 157 Å². The molecule has 0 radical (unpaired) electrons. The highest BCUT2D eigenvalue weighted by molar-refractivity contribution is 6.32. The van der Waals surface area contributed by atoms with Gasteiger partial charge in [0.05, 0.1) is 16.5 Å². The van der Waals surface area contributed by atoms with E-state index < -0.39 is 5.92 Å². The minimum Gasteiger partial charge on any atom is -0.326 e. The predicted octanol–water partition coefficient (Wildman–Crippen LogP) is 3.82. The first kappa shape index (κ1) is 18.0. The Bertz CT molecular complexity index is 933. The number of carbonyl (C=O) groups is 2. The van der Waals surface area contributed by atoms with Crippen molar-refractivity contribution in [2.75, 3.05) is 16.8 Å². The zero-order valence-corrected chi connectivity index (χ0v) is 15.3. The number of benzene rings is 2. The first-order valence-electron chi connectivity index (χ1n) is 8.28. The van der Waals surface area contributed by atoms with Crippen LogP contribution in [-0.4, -0.2) is 18.4 Å². The van der Waals surface area contributed by atoms with E-state index in [0.29, 0.717) is 17.8 Å². The lowest BCUT2D eigenvalue weighted by Crippen LogP contribution is -2.28. The molecular weight excluding hydrogens is 350 g/mol. The van der Waals surface area contributed by atoms with Crippen LogP contribution in [0.15, 0.2) is 36.4 Å². The van der Waals surface area contributed by atoms with Crippen molar-refractivity contribution in [1.82, 2.24) is 0 Å². The molecule has 1 heterocycles. The van der Waals surface area contributed by atoms with Crippen LogP contribution in [0.1, 0.15) is 23.1 Å². The summed E-state index contributed by atoms with van der Waals surface area (Å²) in [6.07, 6.45) is 0.170. The Balaban J connectivity index is 1.74. The lowest BCUT2D eigenvalue weighted by Gasteiger charge is -2.20. The Morgan fingerprint density at radius 3 is 2.77 bits per heavy atom. The van der Waals surface area contributed by atoms with Crippen molar-refractivity contribution in [3.63, 3.8) is 0 Å². The van der Waals surface area contributed by atoms with Gasteiger partial charge in [0.2, 0.25) is 11.8 Å². The third kappa shape index (κ3) is 3.42. The van der Waals surface area contributed by atoms with Crippen LogP contribution in [0.2, 0.25) is 5.02 Å². The molecule has 2 aromatic rings. The average Bonchev–Trinajstić information content (AvgIpc) is 2.99. The number of nitrogens with one attached hydrogen (secondary N) is 1. The molecule has 132 valence electrons. The number of anilines is 2. The summed E-state index contributed by atoms with van der Waals surface area (Å²) >= 11 is 6.00. The fraction of sp³-hybridized carbons (Fsp3) is 0.250. The number of carbonyl (C=O) groups excluding carboxylic acids is 2. The molecular formula is C20H18ClN3O2. The van der Waals surface area contributed by atoms with Gasteiger partial charge in [-0.25, -0.2) is 0 Å². The first-order valence-corrected chi connectivity index (χ1v) is 8.65. The maximum Gasteiger partial charge on any atom is 0.229 e. The van der Waals surface area contributed by atoms with Gasteiger partial charge >= 0.3 is 0 Å². The number of amides is 2. The van der Waals surface area contributed by atoms with Gasteiger partial charge in [0.25, 0.3) is 0 Å². The fourth-order valence-corrected chi connectivity index (χ4v) is 3.29. The molecule has 3 rings (SSSR count). The van der Waals surface area contributed by atoms with Gasteiger partial charge in [-0.3, -0.25) is 9.59 Å². The minimum absolute atomic E-state index is 0.0586. The molecule has 1 unspecified atom stereocenters. The van der Waals surface area contributed by atoms with Gasteiger partial charge in [0.1, 0.15) is 6.07 Å². The first-order chi connectivity index (χ1) is 12.4. The summed E-state index contributed by atoms with van der Waals surface area (Å²) in [5, 5.41) is 12.0. The molecule has 0 bridgehead atoms. The van der Waals surface area contributed by atoms with Gasteiger partial charge in [0, 0.05) is 24.3 Å². The second-order valence-electron chi connectivity index (χ2n) is 6.42. The van der Waals surface area contributed by atoms with Gasteiger partial charge in [0.15, 0.2) is 0 Å². The average molecular weight is 368 g/mol. The van der Waals surface area contributed by atoms with E-state index in [4.69, 9.17) is 16.9 Å². The summed E-state index contributed by atoms with van der Waals surface area (Å²) in [6, 6.07) is 12.5. The number of hydrogen-bond acceptors (Lipinski definition) is 3. The summed E-state index contributed by atoms with van der Waals surface area (Å²) in [5.41, 5.74) is 3.86. The lowest BCUT2D eigenvalue weighted by atomic mass is 10.1. The van der Waals surface area contributed by atoms with Crippen molar-refractivity contribution in [2.45, 2.75) is 20.3 Å². The monoisotopic (exact) mass is 367 g/mol. The number of hydrogen-bond donors (Lipinski definition) is 1. The highest BCUT2D eigenvalue weighted by atomic mass is 35.5. The third-order valence-electron chi connectivity index (χ3n) is 4.72. The van der Waals surface area contributed by atoms with Gasteiger partial charge in [-0.1, -0.05) is 23.7 Å². The quantitative estimate of drug-likeness (QED) is 0.896. The summed E-state index contributed by atoms with van der Waals surface area (Å²) < 4.78 is 0. The van der Waals surface area contributed by atoms with E-state index in [2.05, 4.69) is 5.32 Å². The smallest absolute Gasteiger partial charge is 0.229 e. The van der Waals surface area contributed by atoms with Crippen LogP contribution in [-0.2, 0) is 9.59 Å². The van der Waals surface area contributed by atoms with Crippen LogP contribution in [0.25, 0.3) is 0 Å². The second-order valence-corrected chi connectivity index (χ2v) is 6.83. The number of aryl methyl sites for hydroxylation is 1. The molecule has 1 atom stereocenters. The molecule has 1 saturated heterocycles. The van der Waals surface area contributed by atoms with E-state index >= 15 is 0 Å². The van der Waals surface area contributed by atoms with E-state index in [0.717, 1.165) is 16.8 Å². The molecule has 1 aliphatic rings. The van der Waals surface area contributed by atoms with E-state index in [1.807, 2.05) is 38.1 Å². The molecule has 0 saturated carbocycles. The molecule has 6 heteroatoms. The summed E-state index contributed by atoms with van der Waals surface area (Å²) in [4.78, 5) is 26.7. The Morgan fingerprint density at radius 2 is 2.08 bits per heavy atom. The van der Waals surface area contributed by atoms with Gasteiger partial charge in [-0.2, -0.15) is 5.26 Å². The van der Waals surface area contributed by atoms with Gasteiger partial charge < -0.3 is 10.2 Å². The summed E-state index contributed by atoms with van der Waals surface area (Å²) in [6.45, 7) is 4.32. The lowest BCUT2D eigenvalue weighted by molar-refractivity contribution is -0.122. The molecule has 2 amide bonds. The van der Waals surface area contributed by atoms with Crippen LogP contribution in [0.4, 0.5) is 11.4 Å². The molecule has 1 N–H and O–H groups in total.